The van der Waals surface area contributed by atoms with Gasteiger partial charge in [0.05, 0.1) is 19.1 Å². The van der Waals surface area contributed by atoms with E-state index in [1.165, 1.54) is 37.0 Å². The molecule has 6 rings (SSSR count). The number of nitrogens with zero attached hydrogens (tertiary/aromatic N) is 4. The van der Waals surface area contributed by atoms with Crippen molar-refractivity contribution in [2.24, 2.45) is 5.92 Å². The number of piperazine rings is 1. The van der Waals surface area contributed by atoms with Gasteiger partial charge in [-0.05, 0) is 135 Å². The zero-order valence-electron chi connectivity index (χ0n) is 35.5. The second-order valence-corrected chi connectivity index (χ2v) is 19.1. The average molecular weight is 844 g/mol. The first-order chi connectivity index (χ1) is 27.4. The number of fused-ring (bicyclic) bond motifs is 1. The van der Waals surface area contributed by atoms with Crippen LogP contribution in [0.4, 0.5) is 9.59 Å². The number of ketones is 1. The lowest BCUT2D eigenvalue weighted by atomic mass is 9.91. The number of likely N-dealkylation sites (tertiary alicyclic amines) is 2. The predicted octanol–water partition coefficient (Wildman–Crippen LogP) is 8.46. The number of hydrogen-bond donors (Lipinski definition) is 0. The fraction of sp³-hybridized carbons (Fsp3) is 0.644. The Kier molecular flexibility index (Phi) is 16.0. The molecule has 4 aliphatic heterocycles. The van der Waals surface area contributed by atoms with Crippen molar-refractivity contribution in [1.29, 1.82) is 0 Å². The number of esters is 1. The van der Waals surface area contributed by atoms with Gasteiger partial charge in [0.15, 0.2) is 5.78 Å². The molecule has 4 saturated heterocycles. The topological polar surface area (TPSA) is 109 Å². The van der Waals surface area contributed by atoms with Crippen molar-refractivity contribution in [1.82, 2.24) is 19.6 Å². The molecule has 2 aromatic rings. The van der Waals surface area contributed by atoms with Crippen molar-refractivity contribution in [3.05, 3.63) is 69.7 Å². The first-order valence-electron chi connectivity index (χ1n) is 21.0. The molecule has 0 aromatic heterocycles. The average Bonchev–Trinajstić information content (AvgIpc) is 3.85. The summed E-state index contributed by atoms with van der Waals surface area (Å²) in [5.41, 5.74) is 1.19. The third kappa shape index (κ3) is 13.3. The van der Waals surface area contributed by atoms with Gasteiger partial charge < -0.3 is 19.1 Å². The minimum Gasteiger partial charge on any atom is -0.469 e. The monoisotopic (exact) mass is 842 g/mol. The van der Waals surface area contributed by atoms with Gasteiger partial charge in [-0.1, -0.05) is 47.5 Å². The van der Waals surface area contributed by atoms with E-state index in [9.17, 15) is 19.2 Å². The normalized spacial score (nSPS) is 22.4. The van der Waals surface area contributed by atoms with Crippen LogP contribution in [0.3, 0.4) is 0 Å². The van der Waals surface area contributed by atoms with E-state index in [-0.39, 0.29) is 18.3 Å². The van der Waals surface area contributed by atoms with Gasteiger partial charge in [0.25, 0.3) is 0 Å². The molecule has 0 aliphatic carbocycles. The Morgan fingerprint density at radius 1 is 0.707 bits per heavy atom. The highest BCUT2D eigenvalue weighted by molar-refractivity contribution is 6.30. The highest BCUT2D eigenvalue weighted by atomic mass is 35.5. The van der Waals surface area contributed by atoms with Crippen LogP contribution in [0.15, 0.2) is 48.5 Å². The number of hydrogen-bond acceptors (Lipinski definition) is 9. The molecule has 0 saturated carbocycles. The molecule has 4 aliphatic rings. The number of benzene rings is 2. The Bertz CT molecular complexity index is 1690. The third-order valence-electron chi connectivity index (χ3n) is 11.4. The molecule has 13 heteroatoms. The first-order valence-corrected chi connectivity index (χ1v) is 21.7. The molecule has 320 valence electrons. The van der Waals surface area contributed by atoms with Crippen molar-refractivity contribution in [2.75, 3.05) is 46.4 Å². The SMILES string of the molecule is CC(C)(C)OC(=O)N1CCC(N2C[C@@H]3CCCN3CC2Cc2ccc(Cl)cc2)CC1.COC(=O)C(CC(=O)[C@@H]1CCCN1C(=O)OC(C)(C)C)Cc1ccc(Cl)cc1. The molecule has 58 heavy (non-hydrogen) atoms. The van der Waals surface area contributed by atoms with E-state index in [2.05, 4.69) is 21.9 Å². The Morgan fingerprint density at radius 2 is 1.28 bits per heavy atom. The number of piperidine rings is 1. The van der Waals surface area contributed by atoms with E-state index >= 15 is 0 Å². The fourth-order valence-electron chi connectivity index (χ4n) is 8.67. The van der Waals surface area contributed by atoms with E-state index in [0.717, 1.165) is 62.4 Å². The Balaban J connectivity index is 0.000000222. The molecule has 2 unspecified atom stereocenters. The molecule has 2 amide bonds. The largest absolute Gasteiger partial charge is 0.469 e. The van der Waals surface area contributed by atoms with E-state index in [1.807, 2.05) is 49.9 Å². The zero-order chi connectivity index (χ0) is 42.2. The molecule has 4 fully saturated rings. The van der Waals surface area contributed by atoms with Crippen molar-refractivity contribution in [2.45, 2.75) is 135 Å². The summed E-state index contributed by atoms with van der Waals surface area (Å²) in [6, 6.07) is 16.7. The first kappa shape index (κ1) is 45.7. The Labute approximate surface area is 355 Å². The summed E-state index contributed by atoms with van der Waals surface area (Å²) in [6.45, 7) is 16.8. The van der Waals surface area contributed by atoms with Crippen molar-refractivity contribution < 1.29 is 33.4 Å². The highest BCUT2D eigenvalue weighted by Gasteiger charge is 2.41. The lowest BCUT2D eigenvalue weighted by Gasteiger charge is -2.49. The van der Waals surface area contributed by atoms with Crippen LogP contribution in [0.5, 0.6) is 0 Å². The second-order valence-electron chi connectivity index (χ2n) is 18.2. The van der Waals surface area contributed by atoms with Gasteiger partial charge in [0.2, 0.25) is 0 Å². The summed E-state index contributed by atoms with van der Waals surface area (Å²) in [5.74, 6) is -1.20. The molecular weight excluding hydrogens is 779 g/mol. The van der Waals surface area contributed by atoms with Gasteiger partial charge in [-0.2, -0.15) is 0 Å². The van der Waals surface area contributed by atoms with Crippen LogP contribution < -0.4 is 0 Å². The van der Waals surface area contributed by atoms with Gasteiger partial charge >= 0.3 is 18.2 Å². The highest BCUT2D eigenvalue weighted by Crippen LogP contribution is 2.31. The zero-order valence-corrected chi connectivity index (χ0v) is 37.0. The maximum Gasteiger partial charge on any atom is 0.410 e. The van der Waals surface area contributed by atoms with Crippen LogP contribution in [-0.4, -0.2) is 125 Å². The Morgan fingerprint density at radius 3 is 1.86 bits per heavy atom. The van der Waals surface area contributed by atoms with Crippen LogP contribution in [0.1, 0.15) is 97.6 Å². The van der Waals surface area contributed by atoms with E-state index < -0.39 is 35.2 Å². The number of carbonyl (C=O) groups is 4. The summed E-state index contributed by atoms with van der Waals surface area (Å²) >= 11 is 12.0. The maximum atomic E-state index is 12.9. The second kappa shape index (κ2) is 20.3. The summed E-state index contributed by atoms with van der Waals surface area (Å²) in [5, 5.41) is 1.40. The summed E-state index contributed by atoms with van der Waals surface area (Å²) in [6.07, 6.45) is 6.80. The molecule has 4 heterocycles. The van der Waals surface area contributed by atoms with E-state index in [0.29, 0.717) is 42.5 Å². The summed E-state index contributed by atoms with van der Waals surface area (Å²) in [7, 11) is 1.31. The molecule has 11 nitrogen and oxygen atoms in total. The minimum atomic E-state index is -0.629. The fourth-order valence-corrected chi connectivity index (χ4v) is 8.92. The maximum absolute atomic E-state index is 12.9. The number of rotatable bonds is 9. The molecule has 0 bridgehead atoms. The van der Waals surface area contributed by atoms with Crippen LogP contribution in [0.25, 0.3) is 0 Å². The molecular formula is C45H64Cl2N4O7. The van der Waals surface area contributed by atoms with Crippen LogP contribution in [-0.2, 0) is 36.6 Å². The van der Waals surface area contributed by atoms with Crippen molar-refractivity contribution >= 4 is 47.1 Å². The third-order valence-corrected chi connectivity index (χ3v) is 11.9. The summed E-state index contributed by atoms with van der Waals surface area (Å²) in [4.78, 5) is 58.9. The van der Waals surface area contributed by atoms with Crippen LogP contribution in [0, 0.1) is 5.92 Å². The Hall–Kier alpha value is -3.38. The number of amides is 2. The lowest BCUT2D eigenvalue weighted by Crippen LogP contribution is -2.61. The molecule has 0 radical (unpaired) electrons. The van der Waals surface area contributed by atoms with E-state index in [4.69, 9.17) is 37.4 Å². The quantitative estimate of drug-likeness (QED) is 0.182. The summed E-state index contributed by atoms with van der Waals surface area (Å²) < 4.78 is 15.9. The standard InChI is InChI=1S/C24H36ClN3O2.C21H28ClNO5/c1-24(2,3)30-23(29)26-13-10-20(11-14-26)28-17-21-5-4-12-27(21)16-22(28)15-18-6-8-19(25)9-7-18;1-21(2,3)28-20(26)23-11-5-6-17(23)18(24)13-15(19(25)27-4)12-14-7-9-16(22)10-8-14/h6-9,20-22H,4-5,10-17H2,1-3H3;7-10,15,17H,5-6,11-13H2,1-4H3/t21-,22?;15?,17-/m00/s1. The predicted molar refractivity (Wildman–Crippen MR) is 227 cm³/mol. The van der Waals surface area contributed by atoms with E-state index in [1.54, 1.807) is 32.9 Å². The minimum absolute atomic E-state index is 0.0132. The number of ether oxygens (including phenoxy) is 3. The smallest absolute Gasteiger partial charge is 0.410 e. The van der Waals surface area contributed by atoms with Gasteiger partial charge in [0, 0.05) is 67.3 Å². The van der Waals surface area contributed by atoms with Crippen LogP contribution in [0.2, 0.25) is 10.0 Å². The molecule has 4 atom stereocenters. The van der Waals surface area contributed by atoms with Gasteiger partial charge in [0.1, 0.15) is 11.2 Å². The van der Waals surface area contributed by atoms with Gasteiger partial charge in [-0.15, -0.1) is 0 Å². The molecule has 0 spiro atoms. The van der Waals surface area contributed by atoms with Crippen LogP contribution >= 0.6 is 23.2 Å². The lowest BCUT2D eigenvalue weighted by molar-refractivity contribution is -0.147. The molecule has 2 aromatic carbocycles. The van der Waals surface area contributed by atoms with Gasteiger partial charge in [-0.3, -0.25) is 24.3 Å². The number of carbonyl (C=O) groups excluding carboxylic acids is 4. The number of Topliss-reactive ketones (excluding diaryl/α,β-unsaturated/α-hetero) is 1. The number of methoxy groups -OCH3 is 1. The van der Waals surface area contributed by atoms with Crippen molar-refractivity contribution in [3.8, 4) is 0 Å². The molecule has 0 N–H and O–H groups in total. The number of halogens is 2. The van der Waals surface area contributed by atoms with Gasteiger partial charge in [-0.25, -0.2) is 9.59 Å². The van der Waals surface area contributed by atoms with Crippen molar-refractivity contribution in [3.63, 3.8) is 0 Å².